The van der Waals surface area contributed by atoms with Crippen molar-refractivity contribution >= 4 is 29.0 Å². The van der Waals surface area contributed by atoms with Crippen molar-refractivity contribution in [1.29, 1.82) is 0 Å². The second-order valence-corrected chi connectivity index (χ2v) is 4.38. The van der Waals surface area contributed by atoms with Gasteiger partial charge in [0, 0.05) is 20.1 Å². The van der Waals surface area contributed by atoms with Crippen molar-refractivity contribution in [3.8, 4) is 0 Å². The highest BCUT2D eigenvalue weighted by Gasteiger charge is 2.25. The minimum atomic E-state index is -0.510. The number of amidine groups is 1. The van der Waals surface area contributed by atoms with Crippen LogP contribution < -0.4 is 10.6 Å². The van der Waals surface area contributed by atoms with Crippen LogP contribution in [0.1, 0.15) is 19.8 Å². The molecule has 0 saturated carbocycles. The van der Waals surface area contributed by atoms with Crippen LogP contribution in [-0.2, 0) is 0 Å². The molecule has 0 unspecified atom stereocenters. The molecule has 0 rings (SSSR count). The Kier molecular flexibility index (Phi) is 9.60. The molecule has 2 N–H and O–H groups in total. The van der Waals surface area contributed by atoms with E-state index in [1.54, 1.807) is 19.4 Å². The number of carbonyl (C=O) groups is 2. The topological polar surface area (TPSA) is 73.8 Å². The zero-order valence-electron chi connectivity index (χ0n) is 11.7. The summed E-state index contributed by atoms with van der Waals surface area (Å²) >= 11 is 1.24. The van der Waals surface area contributed by atoms with Crippen molar-refractivity contribution in [3.05, 3.63) is 12.7 Å². The van der Waals surface area contributed by atoms with E-state index in [2.05, 4.69) is 22.2 Å². The van der Waals surface area contributed by atoms with Gasteiger partial charge in [-0.05, 0) is 12.7 Å². The molecule has 0 fully saturated rings. The predicted molar refractivity (Wildman–Crippen MR) is 80.6 cm³/mol. The molecule has 7 heteroatoms. The molecule has 0 heterocycles. The summed E-state index contributed by atoms with van der Waals surface area (Å²) in [6.45, 7) is 6.37. The molecule has 0 spiro atoms. The first kappa shape index (κ1) is 17.5. The molecule has 4 amide bonds. The molecular formula is C12H22N4O2S. The SMILES string of the molecule is C=CCNC(=O)N(C(=O)NCCCC)C(=NC)SC. The molecule has 0 saturated heterocycles. The largest absolute Gasteiger partial charge is 0.337 e. The van der Waals surface area contributed by atoms with Crippen LogP contribution in [-0.4, -0.2) is 48.5 Å². The molecule has 0 radical (unpaired) electrons. The molecule has 0 aromatic rings. The highest BCUT2D eigenvalue weighted by atomic mass is 32.2. The van der Waals surface area contributed by atoms with Crippen LogP contribution in [0.2, 0.25) is 0 Å². The van der Waals surface area contributed by atoms with E-state index in [-0.39, 0.29) is 0 Å². The maximum Gasteiger partial charge on any atom is 0.332 e. The Bertz CT molecular complexity index is 345. The van der Waals surface area contributed by atoms with Crippen molar-refractivity contribution < 1.29 is 9.59 Å². The highest BCUT2D eigenvalue weighted by molar-refractivity contribution is 8.13. The van der Waals surface area contributed by atoms with Crippen LogP contribution in [0.15, 0.2) is 17.6 Å². The zero-order chi connectivity index (χ0) is 14.7. The Morgan fingerprint density at radius 2 is 2.00 bits per heavy atom. The summed E-state index contributed by atoms with van der Waals surface area (Å²) in [6, 6.07) is -0.978. The number of aliphatic imine (C=N–C) groups is 1. The molecule has 19 heavy (non-hydrogen) atoms. The average molecular weight is 286 g/mol. The van der Waals surface area contributed by atoms with Crippen molar-refractivity contribution in [2.75, 3.05) is 26.4 Å². The number of hydrogen-bond acceptors (Lipinski definition) is 4. The van der Waals surface area contributed by atoms with Crippen molar-refractivity contribution in [1.82, 2.24) is 15.5 Å². The number of nitrogens with zero attached hydrogens (tertiary/aromatic N) is 2. The first-order valence-electron chi connectivity index (χ1n) is 6.09. The molecule has 6 nitrogen and oxygen atoms in total. The first-order valence-corrected chi connectivity index (χ1v) is 7.32. The predicted octanol–water partition coefficient (Wildman–Crippen LogP) is 2.04. The van der Waals surface area contributed by atoms with Gasteiger partial charge in [-0.3, -0.25) is 4.99 Å². The van der Waals surface area contributed by atoms with E-state index in [0.717, 1.165) is 17.7 Å². The third kappa shape index (κ3) is 6.28. The van der Waals surface area contributed by atoms with Gasteiger partial charge < -0.3 is 10.6 Å². The molecule has 0 aromatic heterocycles. The average Bonchev–Trinajstić information content (AvgIpc) is 2.42. The fourth-order valence-corrected chi connectivity index (χ4v) is 1.77. The van der Waals surface area contributed by atoms with Crippen molar-refractivity contribution in [3.63, 3.8) is 0 Å². The Hall–Kier alpha value is -1.50. The van der Waals surface area contributed by atoms with E-state index >= 15 is 0 Å². The molecular weight excluding hydrogens is 264 g/mol. The third-order valence-corrected chi connectivity index (χ3v) is 2.91. The van der Waals surface area contributed by atoms with Crippen LogP contribution in [0.4, 0.5) is 9.59 Å². The van der Waals surface area contributed by atoms with E-state index < -0.39 is 12.1 Å². The molecule has 0 aromatic carbocycles. The molecule has 0 bridgehead atoms. The van der Waals surface area contributed by atoms with Gasteiger partial charge in [-0.25, -0.2) is 9.59 Å². The third-order valence-electron chi connectivity index (χ3n) is 2.18. The molecule has 0 aliphatic heterocycles. The van der Waals surface area contributed by atoms with Crippen LogP contribution in [0, 0.1) is 0 Å². The van der Waals surface area contributed by atoms with Gasteiger partial charge in [0.2, 0.25) is 0 Å². The monoisotopic (exact) mass is 286 g/mol. The quantitative estimate of drug-likeness (QED) is 0.351. The second kappa shape index (κ2) is 10.4. The molecule has 108 valence electrons. The summed E-state index contributed by atoms with van der Waals surface area (Å²) in [5, 5.41) is 5.61. The number of carbonyl (C=O) groups excluding carboxylic acids is 2. The maximum absolute atomic E-state index is 12.0. The Labute approximate surface area is 118 Å². The standard InChI is InChI=1S/C12H22N4O2S/c1-5-7-9-15-11(18)16(12(13-3)19-4)10(17)14-8-6-2/h6H,2,5,7-9H2,1,3-4H3,(H,14,17)(H,15,18). The van der Waals surface area contributed by atoms with E-state index in [4.69, 9.17) is 0 Å². The summed E-state index contributed by atoms with van der Waals surface area (Å²) in [5.41, 5.74) is 0. The Morgan fingerprint density at radius 1 is 1.37 bits per heavy atom. The van der Waals surface area contributed by atoms with E-state index in [1.165, 1.54) is 11.8 Å². The first-order chi connectivity index (χ1) is 9.12. The summed E-state index contributed by atoms with van der Waals surface area (Å²) in [4.78, 5) is 28.9. The van der Waals surface area contributed by atoms with E-state index in [0.29, 0.717) is 18.3 Å². The molecule has 0 atom stereocenters. The smallest absolute Gasteiger partial charge is 0.332 e. The maximum atomic E-state index is 12.0. The van der Waals surface area contributed by atoms with Crippen LogP contribution >= 0.6 is 11.8 Å². The normalized spacial score (nSPS) is 10.8. The van der Waals surface area contributed by atoms with Gasteiger partial charge in [0.05, 0.1) is 0 Å². The van der Waals surface area contributed by atoms with Gasteiger partial charge in [-0.2, -0.15) is 4.90 Å². The van der Waals surface area contributed by atoms with Crippen LogP contribution in [0.25, 0.3) is 0 Å². The Balaban J connectivity index is 4.79. The number of unbranched alkanes of at least 4 members (excludes halogenated alkanes) is 1. The molecule has 0 aliphatic rings. The zero-order valence-corrected chi connectivity index (χ0v) is 12.5. The number of amides is 4. The lowest BCUT2D eigenvalue weighted by atomic mass is 10.3. The van der Waals surface area contributed by atoms with Gasteiger partial charge in [0.15, 0.2) is 5.17 Å². The second-order valence-electron chi connectivity index (χ2n) is 3.61. The summed E-state index contributed by atoms with van der Waals surface area (Å²) in [6.07, 6.45) is 5.15. The van der Waals surface area contributed by atoms with Gasteiger partial charge in [0.1, 0.15) is 0 Å². The van der Waals surface area contributed by atoms with E-state index in [9.17, 15) is 9.59 Å². The minimum Gasteiger partial charge on any atom is -0.337 e. The summed E-state index contributed by atoms with van der Waals surface area (Å²) in [5.74, 6) is 0. The van der Waals surface area contributed by atoms with Crippen molar-refractivity contribution in [2.45, 2.75) is 19.8 Å². The van der Waals surface area contributed by atoms with Gasteiger partial charge >= 0.3 is 12.1 Å². The lowest BCUT2D eigenvalue weighted by Crippen LogP contribution is -2.50. The number of nitrogens with one attached hydrogen (secondary N) is 2. The van der Waals surface area contributed by atoms with Crippen molar-refractivity contribution in [2.24, 2.45) is 4.99 Å². The van der Waals surface area contributed by atoms with Gasteiger partial charge in [-0.15, -0.1) is 6.58 Å². The number of hydrogen-bond donors (Lipinski definition) is 2. The van der Waals surface area contributed by atoms with Crippen LogP contribution in [0.3, 0.4) is 0 Å². The lowest BCUT2D eigenvalue weighted by Gasteiger charge is -2.21. The minimum absolute atomic E-state index is 0.295. The highest BCUT2D eigenvalue weighted by Crippen LogP contribution is 2.06. The molecule has 0 aliphatic carbocycles. The van der Waals surface area contributed by atoms with Gasteiger partial charge in [0.25, 0.3) is 0 Å². The number of rotatable bonds is 5. The number of urea groups is 2. The Morgan fingerprint density at radius 3 is 2.47 bits per heavy atom. The summed E-state index contributed by atoms with van der Waals surface area (Å²) < 4.78 is 0. The summed E-state index contributed by atoms with van der Waals surface area (Å²) in [7, 11) is 1.54. The van der Waals surface area contributed by atoms with E-state index in [1.807, 2.05) is 6.92 Å². The fourth-order valence-electron chi connectivity index (χ4n) is 1.24. The number of imide groups is 1. The van der Waals surface area contributed by atoms with Gasteiger partial charge in [-0.1, -0.05) is 31.2 Å². The lowest BCUT2D eigenvalue weighted by molar-refractivity contribution is 0.206. The van der Waals surface area contributed by atoms with Crippen LogP contribution in [0.5, 0.6) is 0 Å². The fraction of sp³-hybridized carbons (Fsp3) is 0.583. The number of thioether (sulfide) groups is 1.